The van der Waals surface area contributed by atoms with E-state index in [1.807, 2.05) is 0 Å². The predicted molar refractivity (Wildman–Crippen MR) is 69.8 cm³/mol. The summed E-state index contributed by atoms with van der Waals surface area (Å²) < 4.78 is 15.1. The van der Waals surface area contributed by atoms with Gasteiger partial charge < -0.3 is 9.79 Å². The third-order valence-electron chi connectivity index (χ3n) is 2.78. The second-order valence-corrected chi connectivity index (χ2v) is 5.86. The van der Waals surface area contributed by atoms with Gasteiger partial charge in [0.25, 0.3) is 0 Å². The van der Waals surface area contributed by atoms with Gasteiger partial charge in [0, 0.05) is 0 Å². The molecule has 0 aliphatic carbocycles. The van der Waals surface area contributed by atoms with Crippen LogP contribution in [0.15, 0.2) is 0 Å². The Bertz CT molecular complexity index is 215. The van der Waals surface area contributed by atoms with Gasteiger partial charge in [0.15, 0.2) is 0 Å². The van der Waals surface area contributed by atoms with E-state index in [0.29, 0.717) is 0 Å². The Morgan fingerprint density at radius 3 is 1.94 bits per heavy atom. The van der Waals surface area contributed by atoms with E-state index in [-0.39, 0.29) is 6.10 Å². The van der Waals surface area contributed by atoms with Crippen LogP contribution in [0, 0.1) is 0 Å². The molecule has 0 aromatic carbocycles. The lowest BCUT2D eigenvalue weighted by molar-refractivity contribution is 0.136. The zero-order chi connectivity index (χ0) is 13.1. The van der Waals surface area contributed by atoms with Gasteiger partial charge in [0.1, 0.15) is 0 Å². The van der Waals surface area contributed by atoms with Gasteiger partial charge in [-0.15, -0.1) is 0 Å². The molecule has 0 amide bonds. The average Bonchev–Trinajstić information content (AvgIpc) is 2.19. The second kappa shape index (κ2) is 10.1. The van der Waals surface area contributed by atoms with Crippen LogP contribution in [0.3, 0.4) is 0 Å². The molecular weight excluding hydrogens is 239 g/mol. The first kappa shape index (κ1) is 17.1. The lowest BCUT2D eigenvalue weighted by Crippen LogP contribution is -2.05. The molecule has 0 aliphatic heterocycles. The highest BCUT2D eigenvalue weighted by Gasteiger charge is 2.18. The fourth-order valence-corrected chi connectivity index (χ4v) is 2.43. The molecule has 4 nitrogen and oxygen atoms in total. The smallest absolute Gasteiger partial charge is 0.303 e. The fourth-order valence-electron chi connectivity index (χ4n) is 1.85. The standard InChI is InChI=1S/C12H27O4P/c1-3-4-5-6-7-8-9-10-11-12(2)16-17(13,14)15/h12H,3-11H2,1-2H3,(H2,13,14,15). The molecule has 0 bridgehead atoms. The first-order valence-corrected chi connectivity index (χ1v) is 8.22. The molecule has 0 aliphatic rings. The topological polar surface area (TPSA) is 66.8 Å². The van der Waals surface area contributed by atoms with Crippen molar-refractivity contribution in [2.45, 2.75) is 77.7 Å². The number of hydrogen-bond acceptors (Lipinski definition) is 2. The van der Waals surface area contributed by atoms with Gasteiger partial charge in [-0.25, -0.2) is 4.57 Å². The van der Waals surface area contributed by atoms with Crippen molar-refractivity contribution in [1.82, 2.24) is 0 Å². The molecule has 1 atom stereocenters. The zero-order valence-electron chi connectivity index (χ0n) is 11.1. The van der Waals surface area contributed by atoms with Crippen LogP contribution in [0.25, 0.3) is 0 Å². The first-order chi connectivity index (χ1) is 7.95. The molecular formula is C12H27O4P. The van der Waals surface area contributed by atoms with E-state index in [9.17, 15) is 4.57 Å². The van der Waals surface area contributed by atoms with Gasteiger partial charge in [0.05, 0.1) is 6.10 Å². The van der Waals surface area contributed by atoms with Crippen LogP contribution in [-0.2, 0) is 9.09 Å². The van der Waals surface area contributed by atoms with Crippen molar-refractivity contribution in [3.05, 3.63) is 0 Å². The van der Waals surface area contributed by atoms with Gasteiger partial charge >= 0.3 is 7.82 Å². The molecule has 2 N–H and O–H groups in total. The lowest BCUT2D eigenvalue weighted by atomic mass is 10.1. The largest absolute Gasteiger partial charge is 0.469 e. The third-order valence-corrected chi connectivity index (χ3v) is 3.42. The molecule has 0 spiro atoms. The Morgan fingerprint density at radius 2 is 1.47 bits per heavy atom. The summed E-state index contributed by atoms with van der Waals surface area (Å²) in [6.07, 6.45) is 10.2. The lowest BCUT2D eigenvalue weighted by Gasteiger charge is -2.12. The maximum absolute atomic E-state index is 10.5. The van der Waals surface area contributed by atoms with E-state index < -0.39 is 7.82 Å². The molecule has 0 heterocycles. The maximum Gasteiger partial charge on any atom is 0.469 e. The van der Waals surface area contributed by atoms with Crippen LogP contribution in [-0.4, -0.2) is 15.9 Å². The number of rotatable bonds is 11. The third kappa shape index (κ3) is 14.0. The molecule has 0 aromatic rings. The Labute approximate surface area is 105 Å². The molecule has 0 saturated heterocycles. The Hall–Kier alpha value is 0.110. The minimum absolute atomic E-state index is 0.351. The average molecular weight is 266 g/mol. The number of phosphoric acid groups is 1. The molecule has 0 saturated carbocycles. The normalized spacial score (nSPS) is 13.9. The van der Waals surface area contributed by atoms with Crippen LogP contribution >= 0.6 is 7.82 Å². The van der Waals surface area contributed by atoms with Crippen molar-refractivity contribution < 1.29 is 18.9 Å². The van der Waals surface area contributed by atoms with Gasteiger partial charge in [-0.2, -0.15) is 0 Å². The van der Waals surface area contributed by atoms with Crippen LogP contribution in [0.2, 0.25) is 0 Å². The van der Waals surface area contributed by atoms with Crippen LogP contribution < -0.4 is 0 Å². The molecule has 0 fully saturated rings. The van der Waals surface area contributed by atoms with Crippen LogP contribution in [0.1, 0.15) is 71.6 Å². The minimum atomic E-state index is -4.30. The predicted octanol–water partition coefficient (Wildman–Crippen LogP) is 4.02. The van der Waals surface area contributed by atoms with Crippen molar-refractivity contribution in [2.75, 3.05) is 0 Å². The van der Waals surface area contributed by atoms with Crippen molar-refractivity contribution >= 4 is 7.82 Å². The monoisotopic (exact) mass is 266 g/mol. The summed E-state index contributed by atoms with van der Waals surface area (Å²) in [6, 6.07) is 0. The van der Waals surface area contributed by atoms with E-state index >= 15 is 0 Å². The molecule has 104 valence electrons. The second-order valence-electron chi connectivity index (χ2n) is 4.67. The summed E-state index contributed by atoms with van der Waals surface area (Å²) >= 11 is 0. The maximum atomic E-state index is 10.5. The van der Waals surface area contributed by atoms with Gasteiger partial charge in [-0.3, -0.25) is 4.52 Å². The van der Waals surface area contributed by atoms with Gasteiger partial charge in [0.2, 0.25) is 0 Å². The summed E-state index contributed by atoms with van der Waals surface area (Å²) in [5.41, 5.74) is 0. The Morgan fingerprint density at radius 1 is 1.00 bits per heavy atom. The zero-order valence-corrected chi connectivity index (χ0v) is 12.0. The first-order valence-electron chi connectivity index (χ1n) is 6.69. The summed E-state index contributed by atoms with van der Waals surface area (Å²) in [5, 5.41) is 0. The minimum Gasteiger partial charge on any atom is -0.303 e. The van der Waals surface area contributed by atoms with E-state index in [1.165, 1.54) is 38.5 Å². The molecule has 1 unspecified atom stereocenters. The summed E-state index contributed by atoms with van der Waals surface area (Å²) in [7, 11) is -4.30. The van der Waals surface area contributed by atoms with Crippen molar-refractivity contribution in [3.8, 4) is 0 Å². The van der Waals surface area contributed by atoms with E-state index in [0.717, 1.165) is 19.3 Å². The SMILES string of the molecule is CCCCCCCCCCC(C)OP(=O)(O)O. The molecule has 5 heteroatoms. The van der Waals surface area contributed by atoms with Crippen molar-refractivity contribution in [2.24, 2.45) is 0 Å². The highest BCUT2D eigenvalue weighted by molar-refractivity contribution is 7.46. The van der Waals surface area contributed by atoms with E-state index in [2.05, 4.69) is 11.4 Å². The van der Waals surface area contributed by atoms with Gasteiger partial charge in [-0.1, -0.05) is 58.3 Å². The molecule has 17 heavy (non-hydrogen) atoms. The molecule has 0 aromatic heterocycles. The van der Waals surface area contributed by atoms with Crippen molar-refractivity contribution in [3.63, 3.8) is 0 Å². The summed E-state index contributed by atoms with van der Waals surface area (Å²) in [4.78, 5) is 17.2. The number of phosphoric ester groups is 1. The quantitative estimate of drug-likeness (QED) is 0.438. The fraction of sp³-hybridized carbons (Fsp3) is 1.00. The summed E-state index contributed by atoms with van der Waals surface area (Å²) in [5.74, 6) is 0. The molecule has 0 radical (unpaired) electrons. The molecule has 0 rings (SSSR count). The Kier molecular flexibility index (Phi) is 10.1. The van der Waals surface area contributed by atoms with Crippen molar-refractivity contribution in [1.29, 1.82) is 0 Å². The number of unbranched alkanes of at least 4 members (excludes halogenated alkanes) is 7. The van der Waals surface area contributed by atoms with E-state index in [1.54, 1.807) is 6.92 Å². The van der Waals surface area contributed by atoms with Gasteiger partial charge in [-0.05, 0) is 13.3 Å². The van der Waals surface area contributed by atoms with Crippen LogP contribution in [0.5, 0.6) is 0 Å². The van der Waals surface area contributed by atoms with E-state index in [4.69, 9.17) is 9.79 Å². The van der Waals surface area contributed by atoms with Crippen LogP contribution in [0.4, 0.5) is 0 Å². The highest BCUT2D eigenvalue weighted by atomic mass is 31.2. The Balaban J connectivity index is 3.25. The summed E-state index contributed by atoms with van der Waals surface area (Å²) in [6.45, 7) is 3.92. The highest BCUT2D eigenvalue weighted by Crippen LogP contribution is 2.38. The number of hydrogen-bond donors (Lipinski definition) is 2.